The van der Waals surface area contributed by atoms with Crippen molar-refractivity contribution in [2.75, 3.05) is 11.1 Å². The van der Waals surface area contributed by atoms with Gasteiger partial charge in [-0.1, -0.05) is 35.0 Å². The van der Waals surface area contributed by atoms with Gasteiger partial charge in [0.2, 0.25) is 0 Å². The standard InChI is InChI=1S/C15H7ClF4N2O.C13H8ClFN2/c16-10-4-5-11(17)9(8-10)3-6-12-13(2-1-7-21-12)22-14(23)15(18,19)20;14-10-4-5-11(15)9(8-10)3-6-13-12(16)2-1-7-17-13/h1-2,4-5,7-8H,(H,22,23);1-2,4-5,7-8H,16H2. The quantitative estimate of drug-likeness (QED) is 0.193. The molecule has 2 aromatic heterocycles. The maximum Gasteiger partial charge on any atom is 0.471 e. The molecule has 4 rings (SSSR count). The van der Waals surface area contributed by atoms with E-state index in [-0.39, 0.29) is 27.5 Å². The average molecular weight is 589 g/mol. The topological polar surface area (TPSA) is 80.9 Å². The number of aromatic nitrogens is 2. The highest BCUT2D eigenvalue weighted by atomic mass is 35.5. The number of halogens is 7. The monoisotopic (exact) mass is 588 g/mol. The molecule has 0 saturated heterocycles. The van der Waals surface area contributed by atoms with Crippen molar-refractivity contribution in [2.45, 2.75) is 6.18 Å². The number of hydrogen-bond acceptors (Lipinski definition) is 4. The number of anilines is 2. The zero-order chi connectivity index (χ0) is 29.3. The predicted octanol–water partition coefficient (Wildman–Crippen LogP) is 6.63. The van der Waals surface area contributed by atoms with E-state index in [1.54, 1.807) is 23.6 Å². The average Bonchev–Trinajstić information content (AvgIpc) is 2.91. The van der Waals surface area contributed by atoms with Crippen LogP contribution in [0.25, 0.3) is 0 Å². The van der Waals surface area contributed by atoms with Gasteiger partial charge in [0.15, 0.2) is 0 Å². The number of alkyl halides is 3. The Morgan fingerprint density at radius 2 is 1.27 bits per heavy atom. The smallest absolute Gasteiger partial charge is 0.396 e. The van der Waals surface area contributed by atoms with E-state index >= 15 is 0 Å². The molecule has 0 aliphatic heterocycles. The summed E-state index contributed by atoms with van der Waals surface area (Å²) in [6.07, 6.45) is -2.18. The number of nitrogens with two attached hydrogens (primary N) is 1. The molecule has 40 heavy (non-hydrogen) atoms. The highest BCUT2D eigenvalue weighted by molar-refractivity contribution is 6.31. The van der Waals surface area contributed by atoms with E-state index in [1.807, 2.05) is 0 Å². The number of rotatable bonds is 1. The molecule has 12 heteroatoms. The van der Waals surface area contributed by atoms with Gasteiger partial charge in [0, 0.05) is 22.4 Å². The fourth-order valence-corrected chi connectivity index (χ4v) is 3.10. The zero-order valence-corrected chi connectivity index (χ0v) is 21.5. The van der Waals surface area contributed by atoms with E-state index in [1.165, 1.54) is 48.7 Å². The number of amides is 1. The molecular weight excluding hydrogens is 574 g/mol. The first-order valence-corrected chi connectivity index (χ1v) is 11.7. The van der Waals surface area contributed by atoms with Crippen LogP contribution in [-0.4, -0.2) is 22.1 Å². The molecule has 0 saturated carbocycles. The third kappa shape index (κ3) is 8.70. The maximum absolute atomic E-state index is 13.5. The van der Waals surface area contributed by atoms with Crippen LogP contribution in [0.15, 0.2) is 73.1 Å². The van der Waals surface area contributed by atoms with Gasteiger partial charge >= 0.3 is 12.1 Å². The molecule has 202 valence electrons. The van der Waals surface area contributed by atoms with Crippen molar-refractivity contribution in [1.82, 2.24) is 9.97 Å². The molecule has 0 spiro atoms. The SMILES string of the molecule is Nc1cccnc1C#Cc1cc(Cl)ccc1F.O=C(Nc1cccnc1C#Cc1cc(Cl)ccc1F)C(F)(F)F. The molecule has 0 atom stereocenters. The van der Waals surface area contributed by atoms with Gasteiger partial charge in [-0.3, -0.25) is 4.79 Å². The Hall–Kier alpha value is -4.64. The fraction of sp³-hybridized carbons (Fsp3) is 0.0357. The summed E-state index contributed by atoms with van der Waals surface area (Å²) in [7, 11) is 0. The van der Waals surface area contributed by atoms with Crippen molar-refractivity contribution in [3.05, 3.63) is 117 Å². The number of benzene rings is 2. The van der Waals surface area contributed by atoms with Gasteiger partial charge in [-0.05, 0) is 72.5 Å². The summed E-state index contributed by atoms with van der Waals surface area (Å²) >= 11 is 11.5. The molecule has 0 fully saturated rings. The molecule has 0 bridgehead atoms. The molecule has 0 aliphatic rings. The Morgan fingerprint density at radius 3 is 1.80 bits per heavy atom. The van der Waals surface area contributed by atoms with Crippen molar-refractivity contribution in [3.8, 4) is 23.7 Å². The summed E-state index contributed by atoms with van der Waals surface area (Å²) < 4.78 is 63.7. The summed E-state index contributed by atoms with van der Waals surface area (Å²) in [6, 6.07) is 13.8. The van der Waals surface area contributed by atoms with Gasteiger partial charge in [0.25, 0.3) is 0 Å². The van der Waals surface area contributed by atoms with Gasteiger partial charge in [-0.2, -0.15) is 13.2 Å². The molecule has 3 N–H and O–H groups in total. The number of hydrogen-bond donors (Lipinski definition) is 2. The van der Waals surface area contributed by atoms with E-state index in [4.69, 9.17) is 28.9 Å². The molecule has 0 unspecified atom stereocenters. The summed E-state index contributed by atoms with van der Waals surface area (Å²) in [5.41, 5.74) is 6.36. The van der Waals surface area contributed by atoms with Gasteiger partial charge < -0.3 is 11.1 Å². The first-order valence-electron chi connectivity index (χ1n) is 10.9. The van der Waals surface area contributed by atoms with Crippen molar-refractivity contribution >= 4 is 40.5 Å². The lowest BCUT2D eigenvalue weighted by atomic mass is 10.2. The molecule has 0 radical (unpaired) electrons. The minimum absolute atomic E-state index is 0.0451. The van der Waals surface area contributed by atoms with Crippen molar-refractivity contribution < 1.29 is 26.7 Å². The minimum Gasteiger partial charge on any atom is -0.396 e. The largest absolute Gasteiger partial charge is 0.471 e. The third-order valence-electron chi connectivity index (χ3n) is 4.64. The van der Waals surface area contributed by atoms with Crippen LogP contribution in [0.1, 0.15) is 22.5 Å². The van der Waals surface area contributed by atoms with Crippen molar-refractivity contribution in [2.24, 2.45) is 0 Å². The molecular formula is C28H15Cl2F5N4O. The third-order valence-corrected chi connectivity index (χ3v) is 5.11. The van der Waals surface area contributed by atoms with Gasteiger partial charge in [0.1, 0.15) is 23.0 Å². The second kappa shape index (κ2) is 13.4. The van der Waals surface area contributed by atoms with Crippen LogP contribution in [0, 0.1) is 35.3 Å². The number of carbonyl (C=O) groups excluding carboxylic acids is 1. The lowest BCUT2D eigenvalue weighted by molar-refractivity contribution is -0.167. The van der Waals surface area contributed by atoms with E-state index in [9.17, 15) is 26.7 Å². The van der Waals surface area contributed by atoms with Gasteiger partial charge in [-0.25, -0.2) is 18.7 Å². The van der Waals surface area contributed by atoms with Crippen LogP contribution >= 0.6 is 23.2 Å². The Labute approximate surface area is 235 Å². The summed E-state index contributed by atoms with van der Waals surface area (Å²) in [6.45, 7) is 0. The number of pyridine rings is 2. The van der Waals surface area contributed by atoms with Crippen LogP contribution in [0.3, 0.4) is 0 Å². The zero-order valence-electron chi connectivity index (χ0n) is 20.0. The van der Waals surface area contributed by atoms with Crippen LogP contribution in [0.4, 0.5) is 33.3 Å². The van der Waals surface area contributed by atoms with Gasteiger partial charge in [0.05, 0.1) is 22.5 Å². The van der Waals surface area contributed by atoms with E-state index < -0.39 is 23.7 Å². The Balaban J connectivity index is 0.000000230. The highest BCUT2D eigenvalue weighted by Crippen LogP contribution is 2.20. The summed E-state index contributed by atoms with van der Waals surface area (Å²) in [5.74, 6) is 6.99. The molecule has 2 aromatic carbocycles. The lowest BCUT2D eigenvalue weighted by Gasteiger charge is -2.08. The van der Waals surface area contributed by atoms with Crippen LogP contribution in [-0.2, 0) is 4.79 Å². The molecule has 5 nitrogen and oxygen atoms in total. The Kier molecular flexibility index (Phi) is 10.0. The number of nitrogens with zero attached hydrogens (tertiary/aromatic N) is 2. The van der Waals surface area contributed by atoms with E-state index in [0.29, 0.717) is 16.4 Å². The maximum atomic E-state index is 13.5. The van der Waals surface area contributed by atoms with Gasteiger partial charge in [-0.15, -0.1) is 0 Å². The van der Waals surface area contributed by atoms with E-state index in [0.717, 1.165) is 6.07 Å². The molecule has 0 aliphatic carbocycles. The first-order chi connectivity index (χ1) is 18.9. The summed E-state index contributed by atoms with van der Waals surface area (Å²) in [4.78, 5) is 18.7. The number of nitrogens with one attached hydrogen (secondary N) is 1. The number of nitrogen functional groups attached to an aromatic ring is 1. The van der Waals surface area contributed by atoms with Crippen LogP contribution in [0.5, 0.6) is 0 Å². The van der Waals surface area contributed by atoms with Crippen molar-refractivity contribution in [3.63, 3.8) is 0 Å². The van der Waals surface area contributed by atoms with Crippen LogP contribution < -0.4 is 11.1 Å². The second-order valence-electron chi connectivity index (χ2n) is 7.54. The highest BCUT2D eigenvalue weighted by Gasteiger charge is 2.39. The molecule has 2 heterocycles. The lowest BCUT2D eigenvalue weighted by Crippen LogP contribution is -2.30. The normalized spacial score (nSPS) is 10.2. The van der Waals surface area contributed by atoms with Crippen molar-refractivity contribution in [1.29, 1.82) is 0 Å². The summed E-state index contributed by atoms with van der Waals surface area (Å²) in [5, 5.41) is 2.35. The first kappa shape index (κ1) is 29.9. The molecule has 4 aromatic rings. The molecule has 1 amide bonds. The Bertz CT molecular complexity index is 1670. The minimum atomic E-state index is -5.04. The Morgan fingerprint density at radius 1 is 0.775 bits per heavy atom. The van der Waals surface area contributed by atoms with E-state index in [2.05, 4.69) is 33.6 Å². The second-order valence-corrected chi connectivity index (χ2v) is 8.41. The predicted molar refractivity (Wildman–Crippen MR) is 142 cm³/mol. The fourth-order valence-electron chi connectivity index (χ4n) is 2.76. The number of carbonyl (C=O) groups is 1. The van der Waals surface area contributed by atoms with Crippen LogP contribution in [0.2, 0.25) is 10.0 Å².